The lowest BCUT2D eigenvalue weighted by atomic mass is 9.43. The third-order valence-corrected chi connectivity index (χ3v) is 13.4. The van der Waals surface area contributed by atoms with Crippen molar-refractivity contribution in [3.05, 3.63) is 11.6 Å². The van der Waals surface area contributed by atoms with Crippen molar-refractivity contribution in [3.63, 3.8) is 0 Å². The third kappa shape index (κ3) is 5.17. The van der Waals surface area contributed by atoms with Gasteiger partial charge in [-0.2, -0.15) is 0 Å². The van der Waals surface area contributed by atoms with Gasteiger partial charge in [-0.25, -0.2) is 4.79 Å². The number of aliphatic carboxylic acids is 2. The Morgan fingerprint density at radius 1 is 1.08 bits per heavy atom. The van der Waals surface area contributed by atoms with Crippen molar-refractivity contribution >= 4 is 24.2 Å². The van der Waals surface area contributed by atoms with E-state index in [4.69, 9.17) is 28.8 Å². The monoisotopic (exact) mass is 690 g/mol. The number of aliphatic hydroxyl groups is 1. The molecule has 2 aliphatic heterocycles. The molecule has 5 fully saturated rings. The molecule has 3 saturated carbocycles. The number of carboxylic acid groups (broad SMARTS) is 2. The number of carbonyl (C=O) groups excluding carboxylic acids is 2. The van der Waals surface area contributed by atoms with Gasteiger partial charge < -0.3 is 43.8 Å². The highest BCUT2D eigenvalue weighted by molar-refractivity contribution is 5.90. The van der Waals surface area contributed by atoms with Gasteiger partial charge in [-0.05, 0) is 68.6 Å². The molecule has 0 radical (unpaired) electrons. The quantitative estimate of drug-likeness (QED) is 0.0951. The average Bonchev–Trinajstić information content (AvgIpc) is 3.72. The Labute approximate surface area is 288 Å². The van der Waals surface area contributed by atoms with E-state index in [1.54, 1.807) is 6.92 Å². The Kier molecular flexibility index (Phi) is 9.89. The number of rotatable bonds is 15. The highest BCUT2D eigenvalue weighted by Crippen LogP contribution is 2.82. The molecule has 12 heteroatoms. The summed E-state index contributed by atoms with van der Waals surface area (Å²) in [6.07, 6.45) is 4.42. The molecule has 6 aliphatic rings. The average molecular weight is 691 g/mol. The number of ether oxygens (including phenoxy) is 5. The summed E-state index contributed by atoms with van der Waals surface area (Å²) in [4.78, 5) is 51.1. The standard InChI is InChI=1S/C37H54O12/c1-20(2)26-15-23-16-34(18-38)25-14-13-21(3)24(25)17-35(23,36(26,34)33(43)44)19-46-32-29(41)37(30(45-5)22(4)47-32)48-27(31(42)49-37)11-9-7-6-8-10-12-28(39)40/h15,18,20-25,27,29-30,32,41H,6-14,16-17,19H2,1-5H3,(H,39,40)(H,43,44). The first-order valence-corrected chi connectivity index (χ1v) is 18.3. The molecule has 12 nitrogen and oxygen atoms in total. The maximum atomic E-state index is 13.8. The highest BCUT2D eigenvalue weighted by Gasteiger charge is 2.84. The molecular formula is C37H54O12. The predicted molar refractivity (Wildman–Crippen MR) is 173 cm³/mol. The van der Waals surface area contributed by atoms with Crippen LogP contribution in [0, 0.1) is 45.8 Å². The molecule has 4 aliphatic carbocycles. The summed E-state index contributed by atoms with van der Waals surface area (Å²) in [5.41, 5.74) is -2.64. The zero-order valence-corrected chi connectivity index (χ0v) is 29.4. The van der Waals surface area contributed by atoms with Gasteiger partial charge in [-0.15, -0.1) is 0 Å². The Morgan fingerprint density at radius 3 is 2.45 bits per heavy atom. The second kappa shape index (κ2) is 13.3. The van der Waals surface area contributed by atoms with Crippen molar-refractivity contribution in [1.29, 1.82) is 0 Å². The van der Waals surface area contributed by atoms with E-state index in [0.717, 1.165) is 44.0 Å². The fourth-order valence-electron chi connectivity index (χ4n) is 11.5. The number of carbonyl (C=O) groups is 4. The van der Waals surface area contributed by atoms with Crippen molar-refractivity contribution in [2.75, 3.05) is 13.7 Å². The number of carboxylic acids is 2. The van der Waals surface area contributed by atoms with E-state index in [-0.39, 0.29) is 36.7 Å². The van der Waals surface area contributed by atoms with Gasteiger partial charge in [0.1, 0.15) is 11.7 Å². The van der Waals surface area contributed by atoms with Gasteiger partial charge in [0.05, 0.1) is 18.1 Å². The van der Waals surface area contributed by atoms with Gasteiger partial charge in [-0.3, -0.25) is 9.59 Å². The van der Waals surface area contributed by atoms with Crippen LogP contribution in [0.15, 0.2) is 11.6 Å². The second-order valence-electron chi connectivity index (χ2n) is 16.1. The topological polar surface area (TPSA) is 175 Å². The highest BCUT2D eigenvalue weighted by atomic mass is 16.8. The molecule has 6 rings (SSSR count). The number of methoxy groups -OCH3 is 1. The maximum absolute atomic E-state index is 13.8. The van der Waals surface area contributed by atoms with E-state index >= 15 is 0 Å². The number of hydrogen-bond acceptors (Lipinski definition) is 10. The molecular weight excluding hydrogens is 636 g/mol. The summed E-state index contributed by atoms with van der Waals surface area (Å²) in [6.45, 7) is 7.82. The van der Waals surface area contributed by atoms with Gasteiger partial charge in [0.15, 0.2) is 24.6 Å². The zero-order valence-electron chi connectivity index (χ0n) is 29.4. The summed E-state index contributed by atoms with van der Waals surface area (Å²) < 4.78 is 30.5. The van der Waals surface area contributed by atoms with Crippen LogP contribution in [0.4, 0.5) is 0 Å². The number of allylic oxidation sites excluding steroid dienone is 1. The molecule has 13 unspecified atom stereocenters. The van der Waals surface area contributed by atoms with Crippen LogP contribution >= 0.6 is 0 Å². The minimum atomic E-state index is -1.90. The van der Waals surface area contributed by atoms with Crippen LogP contribution in [0.1, 0.15) is 98.3 Å². The van der Waals surface area contributed by atoms with Crippen molar-refractivity contribution in [3.8, 4) is 0 Å². The first-order chi connectivity index (χ1) is 23.3. The summed E-state index contributed by atoms with van der Waals surface area (Å²) in [7, 11) is 1.42. The Hall–Kier alpha value is -2.38. The molecule has 0 aromatic carbocycles. The van der Waals surface area contributed by atoms with Crippen molar-refractivity contribution in [2.24, 2.45) is 45.8 Å². The normalized spacial score (nSPS) is 45.1. The SMILES string of the molecule is COC1C(C)OC(OCC23CC4C(C)CCC4C4(C=O)CC2C=C(C(C)C)C43C(=O)O)C(O)C12OC(=O)C(CCCCCCCC(=O)O)O2. The summed E-state index contributed by atoms with van der Waals surface area (Å²) in [6, 6.07) is 0. The summed E-state index contributed by atoms with van der Waals surface area (Å²) in [5.74, 6) is -4.13. The number of unbranched alkanes of at least 4 members (excludes halogenated alkanes) is 4. The largest absolute Gasteiger partial charge is 0.481 e. The van der Waals surface area contributed by atoms with E-state index in [1.807, 2.05) is 13.8 Å². The minimum Gasteiger partial charge on any atom is -0.481 e. The van der Waals surface area contributed by atoms with Crippen LogP contribution in [-0.4, -0.2) is 89.7 Å². The molecule has 3 N–H and O–H groups in total. The molecule has 0 amide bonds. The smallest absolute Gasteiger partial charge is 0.338 e. The number of aldehydes is 1. The third-order valence-electron chi connectivity index (χ3n) is 13.4. The first-order valence-electron chi connectivity index (χ1n) is 18.3. The van der Waals surface area contributed by atoms with E-state index in [2.05, 4.69) is 13.0 Å². The molecule has 1 spiro atoms. The molecule has 0 aromatic rings. The molecule has 274 valence electrons. The first kappa shape index (κ1) is 36.4. The molecule has 13 atom stereocenters. The van der Waals surface area contributed by atoms with Gasteiger partial charge in [0, 0.05) is 18.9 Å². The molecule has 0 aromatic heterocycles. The fourth-order valence-corrected chi connectivity index (χ4v) is 11.5. The minimum absolute atomic E-state index is 0.0214. The summed E-state index contributed by atoms with van der Waals surface area (Å²) in [5, 5.41) is 32.0. The Morgan fingerprint density at radius 2 is 1.80 bits per heavy atom. The van der Waals surface area contributed by atoms with Gasteiger partial charge in [0.25, 0.3) is 5.79 Å². The van der Waals surface area contributed by atoms with Crippen molar-refractivity contribution < 1.29 is 58.2 Å². The predicted octanol–water partition coefficient (Wildman–Crippen LogP) is 4.50. The van der Waals surface area contributed by atoms with Gasteiger partial charge in [0.2, 0.25) is 0 Å². The number of hydrogen-bond donors (Lipinski definition) is 3. The molecule has 49 heavy (non-hydrogen) atoms. The number of esters is 1. The lowest BCUT2D eigenvalue weighted by Gasteiger charge is -2.58. The van der Waals surface area contributed by atoms with E-state index < -0.39 is 70.6 Å². The van der Waals surface area contributed by atoms with Gasteiger partial charge >= 0.3 is 17.9 Å². The van der Waals surface area contributed by atoms with Crippen LogP contribution in [0.5, 0.6) is 0 Å². The summed E-state index contributed by atoms with van der Waals surface area (Å²) >= 11 is 0. The van der Waals surface area contributed by atoms with E-state index in [9.17, 15) is 29.4 Å². The Bertz CT molecular complexity index is 1350. The molecule has 4 bridgehead atoms. The number of fused-ring (bicyclic) bond motifs is 2. The van der Waals surface area contributed by atoms with E-state index in [0.29, 0.717) is 38.0 Å². The number of aliphatic hydroxyl groups excluding tert-OH is 1. The fraction of sp³-hybridized carbons (Fsp3) is 0.838. The van der Waals surface area contributed by atoms with Gasteiger partial charge in [-0.1, -0.05) is 64.5 Å². The second-order valence-corrected chi connectivity index (χ2v) is 16.1. The maximum Gasteiger partial charge on any atom is 0.338 e. The zero-order chi connectivity index (χ0) is 35.5. The van der Waals surface area contributed by atoms with Crippen LogP contribution in [-0.2, 0) is 42.9 Å². The molecule has 2 heterocycles. The van der Waals surface area contributed by atoms with Crippen LogP contribution in [0.25, 0.3) is 0 Å². The van der Waals surface area contributed by atoms with Crippen LogP contribution < -0.4 is 0 Å². The van der Waals surface area contributed by atoms with Crippen molar-refractivity contribution in [2.45, 2.75) is 135 Å². The lowest BCUT2D eigenvalue weighted by Crippen LogP contribution is -2.68. The van der Waals surface area contributed by atoms with Crippen LogP contribution in [0.2, 0.25) is 0 Å². The van der Waals surface area contributed by atoms with Crippen molar-refractivity contribution in [1.82, 2.24) is 0 Å². The lowest BCUT2D eigenvalue weighted by molar-refractivity contribution is -0.386. The van der Waals surface area contributed by atoms with E-state index in [1.165, 1.54) is 7.11 Å². The Balaban J connectivity index is 1.23. The van der Waals surface area contributed by atoms with Crippen LogP contribution in [0.3, 0.4) is 0 Å². The molecule has 2 saturated heterocycles.